The summed E-state index contributed by atoms with van der Waals surface area (Å²) < 4.78 is 33.9. The van der Waals surface area contributed by atoms with Gasteiger partial charge in [0.2, 0.25) is 0 Å². The van der Waals surface area contributed by atoms with Crippen molar-refractivity contribution in [3.63, 3.8) is 0 Å². The van der Waals surface area contributed by atoms with Crippen molar-refractivity contribution in [2.24, 2.45) is 0 Å². The predicted octanol–water partition coefficient (Wildman–Crippen LogP) is 4.11. The van der Waals surface area contributed by atoms with Crippen LogP contribution in [0.5, 0.6) is 0 Å². The van der Waals surface area contributed by atoms with Crippen LogP contribution >= 0.6 is 0 Å². The minimum atomic E-state index is -4.12. The molecule has 0 aromatic heterocycles. The molecule has 0 heterocycles. The Morgan fingerprint density at radius 2 is 0.900 bits per heavy atom. The van der Waals surface area contributed by atoms with Gasteiger partial charge >= 0.3 is 29.6 Å². The molecular formula is C24H49NaO4S. The van der Waals surface area contributed by atoms with Crippen molar-refractivity contribution in [2.75, 3.05) is 6.61 Å². The second-order valence-electron chi connectivity index (χ2n) is 8.78. The van der Waals surface area contributed by atoms with Crippen molar-refractivity contribution in [3.8, 4) is 0 Å². The van der Waals surface area contributed by atoms with Crippen LogP contribution in [0.3, 0.4) is 0 Å². The van der Waals surface area contributed by atoms with Gasteiger partial charge in [0.15, 0.2) is 0 Å². The molecule has 0 saturated heterocycles. The Kier molecular flexibility index (Phi) is 27.0. The molecule has 1 atom stereocenters. The molecule has 0 spiro atoms. The molecule has 0 radical (unpaired) electrons. The first-order chi connectivity index (χ1) is 14.0. The molecule has 1 N–H and O–H groups in total. The molecule has 0 bridgehead atoms. The van der Waals surface area contributed by atoms with Crippen molar-refractivity contribution in [3.05, 3.63) is 0 Å². The SMILES string of the molecule is CCCCC(CCCCCCCCCCCCCCCCCCCO)S(=O)(=O)[O-].[Na+]. The van der Waals surface area contributed by atoms with E-state index in [1.165, 1.54) is 83.5 Å². The fourth-order valence-corrected chi connectivity index (χ4v) is 4.91. The molecule has 0 fully saturated rings. The van der Waals surface area contributed by atoms with Gasteiger partial charge in [0, 0.05) is 11.9 Å². The Balaban J connectivity index is 0. The molecule has 0 aliphatic heterocycles. The zero-order chi connectivity index (χ0) is 21.6. The van der Waals surface area contributed by atoms with E-state index in [9.17, 15) is 13.0 Å². The van der Waals surface area contributed by atoms with E-state index in [0.29, 0.717) is 19.4 Å². The minimum absolute atomic E-state index is 0. The maximum Gasteiger partial charge on any atom is 1.00 e. The number of aliphatic hydroxyl groups is 1. The Labute approximate surface area is 210 Å². The van der Waals surface area contributed by atoms with Crippen LogP contribution < -0.4 is 29.6 Å². The number of rotatable bonds is 23. The summed E-state index contributed by atoms with van der Waals surface area (Å²) in [6.07, 6.45) is 24.1. The average Bonchev–Trinajstić information content (AvgIpc) is 2.68. The van der Waals surface area contributed by atoms with E-state index in [1.54, 1.807) is 0 Å². The van der Waals surface area contributed by atoms with Gasteiger partial charge in [0.25, 0.3) is 0 Å². The fraction of sp³-hybridized carbons (Fsp3) is 1.00. The van der Waals surface area contributed by atoms with Crippen molar-refractivity contribution >= 4 is 10.1 Å². The van der Waals surface area contributed by atoms with Crippen molar-refractivity contribution in [1.29, 1.82) is 0 Å². The van der Waals surface area contributed by atoms with Crippen LogP contribution in [0.15, 0.2) is 0 Å². The third kappa shape index (κ3) is 23.5. The maximum atomic E-state index is 11.3. The Morgan fingerprint density at radius 1 is 0.600 bits per heavy atom. The molecule has 0 rings (SSSR count). The second-order valence-corrected chi connectivity index (χ2v) is 10.4. The van der Waals surface area contributed by atoms with Gasteiger partial charge in [-0.25, -0.2) is 8.42 Å². The second kappa shape index (κ2) is 24.5. The van der Waals surface area contributed by atoms with E-state index in [4.69, 9.17) is 5.11 Å². The monoisotopic (exact) mass is 456 g/mol. The van der Waals surface area contributed by atoms with Crippen molar-refractivity contribution in [1.82, 2.24) is 0 Å². The predicted molar refractivity (Wildman–Crippen MR) is 123 cm³/mol. The normalized spacial score (nSPS) is 12.6. The van der Waals surface area contributed by atoms with E-state index in [-0.39, 0.29) is 29.6 Å². The molecule has 0 aromatic carbocycles. The molecule has 30 heavy (non-hydrogen) atoms. The molecular weight excluding hydrogens is 407 g/mol. The molecule has 176 valence electrons. The van der Waals surface area contributed by atoms with Gasteiger partial charge in [-0.05, 0) is 19.3 Å². The Hall–Kier alpha value is 0.870. The molecule has 1 unspecified atom stereocenters. The van der Waals surface area contributed by atoms with Gasteiger partial charge in [-0.15, -0.1) is 0 Å². The minimum Gasteiger partial charge on any atom is -0.748 e. The summed E-state index contributed by atoms with van der Waals surface area (Å²) in [7, 11) is -4.12. The first kappa shape index (κ1) is 33.0. The number of unbranched alkanes of at least 4 members (excludes halogenated alkanes) is 17. The summed E-state index contributed by atoms with van der Waals surface area (Å²) in [5.41, 5.74) is 0. The molecule has 0 amide bonds. The van der Waals surface area contributed by atoms with Gasteiger partial charge in [-0.3, -0.25) is 0 Å². The Morgan fingerprint density at radius 3 is 1.20 bits per heavy atom. The smallest absolute Gasteiger partial charge is 0.748 e. The quantitative estimate of drug-likeness (QED) is 0.143. The van der Waals surface area contributed by atoms with Crippen molar-refractivity contribution < 1.29 is 47.6 Å². The van der Waals surface area contributed by atoms with E-state index in [0.717, 1.165) is 38.5 Å². The van der Waals surface area contributed by atoms with E-state index in [1.807, 2.05) is 6.92 Å². The van der Waals surface area contributed by atoms with Gasteiger partial charge < -0.3 is 9.66 Å². The number of aliphatic hydroxyl groups excluding tert-OH is 1. The standard InChI is InChI=1S/C24H50O4S.Na/c1-2-3-21-24(29(26,27)28)22-19-17-15-13-11-9-7-5-4-6-8-10-12-14-16-18-20-23-25;/h24-25H,2-23H2,1H3,(H,26,27,28);/q;+1/p-1. The van der Waals surface area contributed by atoms with Gasteiger partial charge in [0.05, 0.1) is 10.1 Å². The number of hydrogen-bond donors (Lipinski definition) is 1. The average molecular weight is 457 g/mol. The summed E-state index contributed by atoms with van der Waals surface area (Å²) in [4.78, 5) is 0. The summed E-state index contributed by atoms with van der Waals surface area (Å²) in [5, 5.41) is 8.07. The zero-order valence-corrected chi connectivity index (χ0v) is 23.0. The molecule has 0 aliphatic rings. The topological polar surface area (TPSA) is 77.4 Å². The summed E-state index contributed by atoms with van der Waals surface area (Å²) in [6.45, 7) is 2.37. The third-order valence-corrected chi connectivity index (χ3v) is 7.26. The van der Waals surface area contributed by atoms with Crippen LogP contribution in [0.25, 0.3) is 0 Å². The Bertz CT molecular complexity index is 429. The molecule has 0 saturated carbocycles. The van der Waals surface area contributed by atoms with Crippen LogP contribution in [0.4, 0.5) is 0 Å². The third-order valence-electron chi connectivity index (χ3n) is 5.97. The van der Waals surface area contributed by atoms with Gasteiger partial charge in [0.1, 0.15) is 0 Å². The van der Waals surface area contributed by atoms with Crippen molar-refractivity contribution in [2.45, 2.75) is 147 Å². The summed E-state index contributed by atoms with van der Waals surface area (Å²) >= 11 is 0. The fourth-order valence-electron chi connectivity index (χ4n) is 4.00. The zero-order valence-electron chi connectivity index (χ0n) is 20.2. The summed E-state index contributed by atoms with van der Waals surface area (Å²) in [5.74, 6) is 0. The van der Waals surface area contributed by atoms with E-state index >= 15 is 0 Å². The summed E-state index contributed by atoms with van der Waals surface area (Å²) in [6, 6.07) is 0. The van der Waals surface area contributed by atoms with Gasteiger partial charge in [-0.2, -0.15) is 0 Å². The van der Waals surface area contributed by atoms with Crippen LogP contribution in [-0.2, 0) is 10.1 Å². The van der Waals surface area contributed by atoms with E-state index < -0.39 is 15.4 Å². The first-order valence-corrected chi connectivity index (χ1v) is 14.0. The largest absolute Gasteiger partial charge is 1.00 e. The number of hydrogen-bond acceptors (Lipinski definition) is 4. The first-order valence-electron chi connectivity index (χ1n) is 12.6. The maximum absolute atomic E-state index is 11.3. The molecule has 6 heteroatoms. The molecule has 4 nitrogen and oxygen atoms in total. The molecule has 0 aromatic rings. The van der Waals surface area contributed by atoms with Crippen LogP contribution in [0.2, 0.25) is 0 Å². The van der Waals surface area contributed by atoms with Crippen LogP contribution in [0.1, 0.15) is 142 Å². The van der Waals surface area contributed by atoms with Crippen LogP contribution in [0, 0.1) is 0 Å². The van der Waals surface area contributed by atoms with E-state index in [2.05, 4.69) is 0 Å². The molecule has 0 aliphatic carbocycles. The van der Waals surface area contributed by atoms with Crippen LogP contribution in [-0.4, -0.2) is 29.9 Å². The van der Waals surface area contributed by atoms with Gasteiger partial charge in [-0.1, -0.05) is 122 Å².